The molecule has 150 valence electrons. The van der Waals surface area contributed by atoms with Crippen molar-refractivity contribution in [3.63, 3.8) is 0 Å². The quantitative estimate of drug-likeness (QED) is 0.745. The zero-order chi connectivity index (χ0) is 19.7. The molecule has 4 rings (SSSR count). The van der Waals surface area contributed by atoms with E-state index in [-0.39, 0.29) is 5.60 Å². The van der Waals surface area contributed by atoms with Gasteiger partial charge in [-0.3, -0.25) is 0 Å². The predicted octanol–water partition coefficient (Wildman–Crippen LogP) is 3.84. The van der Waals surface area contributed by atoms with Crippen molar-refractivity contribution < 1.29 is 19.7 Å². The number of piperidine rings is 1. The Morgan fingerprint density at radius 2 is 1.93 bits per heavy atom. The molecule has 2 aliphatic rings. The van der Waals surface area contributed by atoms with Crippen LogP contribution in [-0.4, -0.2) is 47.5 Å². The average Bonchev–Trinajstić information content (AvgIpc) is 2.70. The lowest BCUT2D eigenvalue weighted by molar-refractivity contribution is -0.0588. The Morgan fingerprint density at radius 1 is 1.21 bits per heavy atom. The van der Waals surface area contributed by atoms with Crippen LogP contribution < -0.4 is 9.47 Å². The number of aliphatic hydroxyl groups excluding tert-OH is 2. The Hall–Kier alpha value is -1.60. The topological polar surface area (TPSA) is 62.2 Å². The molecule has 2 aromatic rings. The van der Waals surface area contributed by atoms with E-state index in [9.17, 15) is 10.2 Å². The summed E-state index contributed by atoms with van der Waals surface area (Å²) in [6.07, 6.45) is 1.23. The molecule has 5 nitrogen and oxygen atoms in total. The molecule has 1 spiro atoms. The van der Waals surface area contributed by atoms with Crippen LogP contribution in [0.25, 0.3) is 0 Å². The van der Waals surface area contributed by atoms with Crippen molar-refractivity contribution >= 4 is 15.9 Å². The third-order valence-corrected chi connectivity index (χ3v) is 6.45. The lowest BCUT2D eigenvalue weighted by Gasteiger charge is -2.46. The van der Waals surface area contributed by atoms with Gasteiger partial charge in [-0.15, -0.1) is 0 Å². The van der Waals surface area contributed by atoms with Crippen LogP contribution in [0.2, 0.25) is 0 Å². The fraction of sp³-hybridized carbons (Fsp3) is 0.455. The van der Waals surface area contributed by atoms with E-state index in [2.05, 4.69) is 20.8 Å². The number of β-amino-alcohol motifs (C(OH)–C–C–N with tert-alkyl or cyclic N) is 1. The predicted molar refractivity (Wildman–Crippen MR) is 111 cm³/mol. The van der Waals surface area contributed by atoms with Gasteiger partial charge < -0.3 is 24.6 Å². The molecule has 0 radical (unpaired) electrons. The molecule has 0 unspecified atom stereocenters. The van der Waals surface area contributed by atoms with E-state index in [0.717, 1.165) is 53.0 Å². The molecule has 2 N–H and O–H groups in total. The van der Waals surface area contributed by atoms with E-state index in [0.29, 0.717) is 13.0 Å². The fourth-order valence-electron chi connectivity index (χ4n) is 4.23. The summed E-state index contributed by atoms with van der Waals surface area (Å²) in [5.41, 5.74) is 1.41. The fourth-order valence-corrected chi connectivity index (χ4v) is 4.49. The highest BCUT2D eigenvalue weighted by molar-refractivity contribution is 9.10. The number of fused-ring (bicyclic) bond motifs is 1. The van der Waals surface area contributed by atoms with Gasteiger partial charge >= 0.3 is 0 Å². The molecule has 0 aromatic heterocycles. The van der Waals surface area contributed by atoms with Crippen LogP contribution in [0.3, 0.4) is 0 Å². The molecular weight excluding hydrogens is 422 g/mol. The Kier molecular flexibility index (Phi) is 5.65. The summed E-state index contributed by atoms with van der Waals surface area (Å²) in [6.45, 7) is 2.27. The van der Waals surface area contributed by atoms with Gasteiger partial charge in [0, 0.05) is 42.2 Å². The summed E-state index contributed by atoms with van der Waals surface area (Å²) in [7, 11) is 1.63. The molecule has 1 fully saturated rings. The number of aliphatic hydroxyl groups is 2. The second kappa shape index (κ2) is 8.03. The molecule has 28 heavy (non-hydrogen) atoms. The summed E-state index contributed by atoms with van der Waals surface area (Å²) < 4.78 is 12.7. The zero-order valence-electron chi connectivity index (χ0n) is 16.0. The Balaban J connectivity index is 1.40. The second-order valence-corrected chi connectivity index (χ2v) is 8.69. The maximum atomic E-state index is 10.6. The standard InChI is InChI=1S/C22H26BrNO4/c1-27-17-6-7-18-19(25)13-22(28-21(18)12-17)8-10-24(11-9-22)14-20(26)15-2-4-16(23)5-3-15/h2-7,12,19-20,25-26H,8-11,13-14H2,1H3/t19-,20+/m1/s1. The first-order valence-electron chi connectivity index (χ1n) is 9.69. The van der Waals surface area contributed by atoms with Gasteiger partial charge in [-0.25, -0.2) is 0 Å². The van der Waals surface area contributed by atoms with Crippen LogP contribution >= 0.6 is 15.9 Å². The molecule has 1 saturated heterocycles. The van der Waals surface area contributed by atoms with Gasteiger partial charge in [0.05, 0.1) is 19.3 Å². The smallest absolute Gasteiger partial charge is 0.129 e. The number of likely N-dealkylation sites (tertiary alicyclic amines) is 1. The number of hydrogen-bond donors (Lipinski definition) is 2. The summed E-state index contributed by atoms with van der Waals surface area (Å²) in [5, 5.41) is 21.2. The van der Waals surface area contributed by atoms with Crippen LogP contribution in [0.5, 0.6) is 11.5 Å². The molecule has 2 heterocycles. The Morgan fingerprint density at radius 3 is 2.61 bits per heavy atom. The van der Waals surface area contributed by atoms with Gasteiger partial charge in [-0.2, -0.15) is 0 Å². The normalized spacial score (nSPS) is 22.4. The number of halogens is 1. The maximum Gasteiger partial charge on any atom is 0.129 e. The molecule has 0 saturated carbocycles. The lowest BCUT2D eigenvalue weighted by atomic mass is 9.81. The minimum Gasteiger partial charge on any atom is -0.497 e. The molecule has 2 aromatic carbocycles. The molecule has 6 heteroatoms. The summed E-state index contributed by atoms with van der Waals surface area (Å²) >= 11 is 3.42. The first kappa shape index (κ1) is 19.7. The maximum absolute atomic E-state index is 10.6. The van der Waals surface area contributed by atoms with Gasteiger partial charge in [0.2, 0.25) is 0 Å². The number of rotatable bonds is 4. The van der Waals surface area contributed by atoms with Crippen molar-refractivity contribution in [3.8, 4) is 11.5 Å². The minimum absolute atomic E-state index is 0.349. The molecule has 0 aliphatic carbocycles. The van der Waals surface area contributed by atoms with E-state index >= 15 is 0 Å². The van der Waals surface area contributed by atoms with Crippen LogP contribution in [0.15, 0.2) is 46.9 Å². The molecular formula is C22H26BrNO4. The molecule has 2 aliphatic heterocycles. The van der Waals surface area contributed by atoms with Gasteiger partial charge in [-0.05, 0) is 42.7 Å². The number of ether oxygens (including phenoxy) is 2. The van der Waals surface area contributed by atoms with Crippen LogP contribution in [-0.2, 0) is 0 Å². The van der Waals surface area contributed by atoms with E-state index in [1.54, 1.807) is 7.11 Å². The van der Waals surface area contributed by atoms with E-state index in [1.165, 1.54) is 0 Å². The average molecular weight is 448 g/mol. The Bertz CT molecular complexity index is 818. The highest BCUT2D eigenvalue weighted by Crippen LogP contribution is 2.45. The van der Waals surface area contributed by atoms with Gasteiger partial charge in [0.25, 0.3) is 0 Å². The summed E-state index contributed by atoms with van der Waals surface area (Å²) in [5.74, 6) is 1.46. The third kappa shape index (κ3) is 4.06. The summed E-state index contributed by atoms with van der Waals surface area (Å²) in [4.78, 5) is 2.27. The summed E-state index contributed by atoms with van der Waals surface area (Å²) in [6, 6.07) is 13.4. The highest BCUT2D eigenvalue weighted by Gasteiger charge is 2.43. The first-order valence-corrected chi connectivity index (χ1v) is 10.5. The number of benzene rings is 2. The minimum atomic E-state index is -0.519. The van der Waals surface area contributed by atoms with Crippen molar-refractivity contribution in [3.05, 3.63) is 58.1 Å². The SMILES string of the molecule is COc1ccc2c(c1)OC1(CCN(C[C@H](O)c3ccc(Br)cc3)CC1)C[C@H]2O. The zero-order valence-corrected chi connectivity index (χ0v) is 17.6. The van der Waals surface area contributed by atoms with Crippen molar-refractivity contribution in [2.45, 2.75) is 37.1 Å². The third-order valence-electron chi connectivity index (χ3n) is 5.92. The van der Waals surface area contributed by atoms with Crippen LogP contribution in [0.4, 0.5) is 0 Å². The van der Waals surface area contributed by atoms with E-state index < -0.39 is 12.2 Å². The Labute approximate surface area is 174 Å². The monoisotopic (exact) mass is 447 g/mol. The van der Waals surface area contributed by atoms with Gasteiger partial charge in [0.1, 0.15) is 17.1 Å². The van der Waals surface area contributed by atoms with Crippen molar-refractivity contribution in [1.29, 1.82) is 0 Å². The molecule has 2 atom stereocenters. The van der Waals surface area contributed by atoms with Crippen molar-refractivity contribution in [2.75, 3.05) is 26.7 Å². The number of methoxy groups -OCH3 is 1. The highest BCUT2D eigenvalue weighted by atomic mass is 79.9. The first-order chi connectivity index (χ1) is 13.5. The van der Waals surface area contributed by atoms with E-state index in [1.807, 2.05) is 42.5 Å². The van der Waals surface area contributed by atoms with Crippen molar-refractivity contribution in [2.24, 2.45) is 0 Å². The largest absolute Gasteiger partial charge is 0.497 e. The number of nitrogens with zero attached hydrogens (tertiary/aromatic N) is 1. The lowest BCUT2D eigenvalue weighted by Crippen LogP contribution is -2.51. The van der Waals surface area contributed by atoms with Gasteiger partial charge in [0.15, 0.2) is 0 Å². The number of hydrogen-bond acceptors (Lipinski definition) is 5. The van der Waals surface area contributed by atoms with Crippen LogP contribution in [0.1, 0.15) is 42.6 Å². The van der Waals surface area contributed by atoms with Gasteiger partial charge in [-0.1, -0.05) is 28.1 Å². The second-order valence-electron chi connectivity index (χ2n) is 7.78. The van der Waals surface area contributed by atoms with E-state index in [4.69, 9.17) is 9.47 Å². The van der Waals surface area contributed by atoms with Crippen molar-refractivity contribution in [1.82, 2.24) is 4.90 Å². The molecule has 0 bridgehead atoms. The van der Waals surface area contributed by atoms with Crippen LogP contribution in [0, 0.1) is 0 Å². The molecule has 0 amide bonds.